The Bertz CT molecular complexity index is 568. The Morgan fingerprint density at radius 2 is 1.64 bits per heavy atom. The lowest BCUT2D eigenvalue weighted by atomic mass is 9.96. The highest BCUT2D eigenvalue weighted by Crippen LogP contribution is 2.28. The fraction of sp³-hybridized carbons (Fsp3) is 0.941. The predicted molar refractivity (Wildman–Crippen MR) is 97.0 cm³/mol. The summed E-state index contributed by atoms with van der Waals surface area (Å²) in [7, 11) is -1.72. The average molecular weight is 373 g/mol. The van der Waals surface area contributed by atoms with E-state index in [0.717, 1.165) is 44.9 Å². The Hall–Kier alpha value is -0.700. The van der Waals surface area contributed by atoms with Gasteiger partial charge in [-0.1, -0.05) is 19.3 Å². The van der Waals surface area contributed by atoms with Crippen LogP contribution in [0.1, 0.15) is 51.4 Å². The first kappa shape index (κ1) is 19.1. The normalized spacial score (nSPS) is 30.1. The van der Waals surface area contributed by atoms with Crippen LogP contribution in [0.25, 0.3) is 0 Å². The van der Waals surface area contributed by atoms with E-state index >= 15 is 0 Å². The summed E-state index contributed by atoms with van der Waals surface area (Å²) in [6.07, 6.45) is 7.87. The minimum atomic E-state index is -3.43. The van der Waals surface area contributed by atoms with Crippen LogP contribution in [0.4, 0.5) is 0 Å². The zero-order valence-electron chi connectivity index (χ0n) is 15.3. The number of hydrogen-bond acceptors (Lipinski definition) is 4. The van der Waals surface area contributed by atoms with Gasteiger partial charge in [0, 0.05) is 51.2 Å². The molecule has 2 atom stereocenters. The number of carbonyl (C=O) groups is 1. The second-order valence-corrected chi connectivity index (χ2v) is 9.80. The molecule has 0 radical (unpaired) electrons. The largest absolute Gasteiger partial charge is 0.340 e. The van der Waals surface area contributed by atoms with Gasteiger partial charge in [-0.05, 0) is 32.1 Å². The summed E-state index contributed by atoms with van der Waals surface area (Å²) in [4.78, 5) is 14.4. The third-order valence-electron chi connectivity index (χ3n) is 6.15. The predicted octanol–water partition coefficient (Wildman–Crippen LogP) is 0.767. The summed E-state index contributed by atoms with van der Waals surface area (Å²) < 4.78 is 28.9. The molecule has 0 spiro atoms. The van der Waals surface area contributed by atoms with Crippen molar-refractivity contribution in [2.75, 3.05) is 33.2 Å². The van der Waals surface area contributed by atoms with Gasteiger partial charge in [-0.15, -0.1) is 0 Å². The minimum Gasteiger partial charge on any atom is -0.340 e. The van der Waals surface area contributed by atoms with Crippen molar-refractivity contribution < 1.29 is 13.2 Å². The van der Waals surface area contributed by atoms with Crippen molar-refractivity contribution >= 4 is 16.1 Å². The zero-order valence-corrected chi connectivity index (χ0v) is 16.1. The fourth-order valence-electron chi connectivity index (χ4n) is 4.45. The molecular weight excluding hydrogens is 340 g/mol. The SMILES string of the molecule is CN(C1CCCCC1)S(=O)(=O)N1CCN(C(=O)C2CCC(N)C2)CC1. The van der Waals surface area contributed by atoms with Gasteiger partial charge in [0.2, 0.25) is 5.91 Å². The summed E-state index contributed by atoms with van der Waals surface area (Å²) in [6.45, 7) is 1.76. The molecule has 2 unspecified atom stereocenters. The maximum Gasteiger partial charge on any atom is 0.282 e. The molecule has 0 aromatic carbocycles. The van der Waals surface area contributed by atoms with Crippen molar-refractivity contribution in [3.8, 4) is 0 Å². The molecule has 3 aliphatic rings. The highest BCUT2D eigenvalue weighted by molar-refractivity contribution is 7.86. The van der Waals surface area contributed by atoms with Crippen molar-refractivity contribution in [3.05, 3.63) is 0 Å². The molecule has 0 aromatic rings. The van der Waals surface area contributed by atoms with E-state index in [0.29, 0.717) is 26.2 Å². The van der Waals surface area contributed by atoms with Gasteiger partial charge >= 0.3 is 0 Å². The first-order valence-corrected chi connectivity index (χ1v) is 11.1. The van der Waals surface area contributed by atoms with Crippen molar-refractivity contribution in [2.45, 2.75) is 63.5 Å². The Balaban J connectivity index is 1.54. The number of rotatable bonds is 4. The van der Waals surface area contributed by atoms with Crippen LogP contribution >= 0.6 is 0 Å². The lowest BCUT2D eigenvalue weighted by Gasteiger charge is -2.39. The van der Waals surface area contributed by atoms with Crippen LogP contribution in [-0.2, 0) is 15.0 Å². The van der Waals surface area contributed by atoms with Crippen molar-refractivity contribution in [3.63, 3.8) is 0 Å². The molecular formula is C17H32N4O3S. The molecule has 1 heterocycles. The molecule has 1 saturated heterocycles. The van der Waals surface area contributed by atoms with Gasteiger partial charge in [0.1, 0.15) is 0 Å². The first-order valence-electron chi connectivity index (χ1n) is 9.67. The number of nitrogens with two attached hydrogens (primary N) is 1. The van der Waals surface area contributed by atoms with E-state index in [1.54, 1.807) is 15.7 Å². The maximum absolute atomic E-state index is 12.9. The van der Waals surface area contributed by atoms with Crippen molar-refractivity contribution in [1.82, 2.24) is 13.5 Å². The fourth-order valence-corrected chi connectivity index (χ4v) is 6.03. The molecule has 7 nitrogen and oxygen atoms in total. The summed E-state index contributed by atoms with van der Waals surface area (Å²) in [5.41, 5.74) is 5.91. The summed E-state index contributed by atoms with van der Waals surface area (Å²) in [5.74, 6) is 0.189. The zero-order chi connectivity index (χ0) is 18.0. The summed E-state index contributed by atoms with van der Waals surface area (Å²) in [6, 6.07) is 0.262. The van der Waals surface area contributed by atoms with E-state index in [1.165, 1.54) is 6.42 Å². The molecule has 2 N–H and O–H groups in total. The molecule has 0 bridgehead atoms. The van der Waals surface area contributed by atoms with Crippen LogP contribution in [0, 0.1) is 5.92 Å². The van der Waals surface area contributed by atoms with E-state index in [9.17, 15) is 13.2 Å². The first-order chi connectivity index (χ1) is 11.9. The molecule has 8 heteroatoms. The Morgan fingerprint density at radius 1 is 1.00 bits per heavy atom. The maximum atomic E-state index is 12.9. The molecule has 2 saturated carbocycles. The minimum absolute atomic E-state index is 0.0306. The highest BCUT2D eigenvalue weighted by atomic mass is 32.2. The Labute approximate surface area is 151 Å². The van der Waals surface area contributed by atoms with Gasteiger partial charge in [0.15, 0.2) is 0 Å². The number of hydrogen-bond donors (Lipinski definition) is 1. The van der Waals surface area contributed by atoms with Crippen LogP contribution in [0.5, 0.6) is 0 Å². The second kappa shape index (κ2) is 7.90. The van der Waals surface area contributed by atoms with Crippen molar-refractivity contribution in [2.24, 2.45) is 11.7 Å². The molecule has 0 aromatic heterocycles. The third kappa shape index (κ3) is 4.18. The van der Waals surface area contributed by atoms with E-state index in [1.807, 2.05) is 4.90 Å². The lowest BCUT2D eigenvalue weighted by Crippen LogP contribution is -2.55. The molecule has 1 aliphatic heterocycles. The van der Waals surface area contributed by atoms with E-state index < -0.39 is 10.2 Å². The Kier molecular flexibility index (Phi) is 6.03. The van der Waals surface area contributed by atoms with Gasteiger partial charge in [-0.2, -0.15) is 17.0 Å². The molecule has 3 rings (SSSR count). The van der Waals surface area contributed by atoms with E-state index in [4.69, 9.17) is 5.73 Å². The quantitative estimate of drug-likeness (QED) is 0.789. The molecule has 3 fully saturated rings. The van der Waals surface area contributed by atoms with Gasteiger partial charge < -0.3 is 10.6 Å². The number of piperazine rings is 1. The van der Waals surface area contributed by atoms with Gasteiger partial charge in [0.25, 0.3) is 10.2 Å². The number of carbonyl (C=O) groups excluding carboxylic acids is 1. The van der Waals surface area contributed by atoms with Crippen LogP contribution in [0.15, 0.2) is 0 Å². The van der Waals surface area contributed by atoms with Crippen LogP contribution < -0.4 is 5.73 Å². The average Bonchev–Trinajstić information content (AvgIpc) is 3.07. The number of nitrogens with zero attached hydrogens (tertiary/aromatic N) is 3. The topological polar surface area (TPSA) is 87.0 Å². The second-order valence-electron chi connectivity index (χ2n) is 7.81. The van der Waals surface area contributed by atoms with Gasteiger partial charge in [0.05, 0.1) is 0 Å². The summed E-state index contributed by atoms with van der Waals surface area (Å²) in [5, 5.41) is 0. The van der Waals surface area contributed by atoms with E-state index in [-0.39, 0.29) is 23.9 Å². The smallest absolute Gasteiger partial charge is 0.282 e. The third-order valence-corrected chi connectivity index (χ3v) is 8.20. The van der Waals surface area contributed by atoms with Crippen LogP contribution in [-0.4, -0.2) is 73.1 Å². The molecule has 1 amide bonds. The van der Waals surface area contributed by atoms with Gasteiger partial charge in [-0.25, -0.2) is 0 Å². The highest BCUT2D eigenvalue weighted by Gasteiger charge is 2.37. The monoisotopic (exact) mass is 372 g/mol. The van der Waals surface area contributed by atoms with Crippen LogP contribution in [0.2, 0.25) is 0 Å². The molecule has 25 heavy (non-hydrogen) atoms. The molecule has 2 aliphatic carbocycles. The van der Waals surface area contributed by atoms with Gasteiger partial charge in [-0.3, -0.25) is 4.79 Å². The summed E-state index contributed by atoms with van der Waals surface area (Å²) >= 11 is 0. The van der Waals surface area contributed by atoms with Crippen LogP contribution in [0.3, 0.4) is 0 Å². The van der Waals surface area contributed by atoms with E-state index in [2.05, 4.69) is 0 Å². The van der Waals surface area contributed by atoms with Crippen molar-refractivity contribution in [1.29, 1.82) is 0 Å². The lowest BCUT2D eigenvalue weighted by molar-refractivity contribution is -0.136. The Morgan fingerprint density at radius 3 is 2.20 bits per heavy atom. The molecule has 144 valence electrons. The number of amides is 1. The standard InChI is InChI=1S/C17H32N4O3S/c1-19(16-5-3-2-4-6-16)25(23,24)21-11-9-20(10-12-21)17(22)14-7-8-15(18)13-14/h14-16H,2-13,18H2,1H3.